The van der Waals surface area contributed by atoms with Crippen LogP contribution in [-0.4, -0.2) is 31.1 Å². The SMILES string of the molecule is CC(C)NCCN(C)Cc1cc(Cl)ccc1F. The first-order chi connectivity index (χ1) is 7.99. The molecule has 0 radical (unpaired) electrons. The van der Waals surface area contributed by atoms with Gasteiger partial charge in [0.15, 0.2) is 0 Å². The molecule has 1 aromatic rings. The smallest absolute Gasteiger partial charge is 0.127 e. The fourth-order valence-corrected chi connectivity index (χ4v) is 1.77. The van der Waals surface area contributed by atoms with Gasteiger partial charge in [-0.1, -0.05) is 25.4 Å². The van der Waals surface area contributed by atoms with E-state index in [9.17, 15) is 4.39 Å². The van der Waals surface area contributed by atoms with E-state index in [0.717, 1.165) is 13.1 Å². The Bertz CT molecular complexity index is 355. The highest BCUT2D eigenvalue weighted by molar-refractivity contribution is 6.30. The van der Waals surface area contributed by atoms with Crippen LogP contribution in [0.1, 0.15) is 19.4 Å². The van der Waals surface area contributed by atoms with Gasteiger partial charge in [-0.2, -0.15) is 0 Å². The number of likely N-dealkylation sites (N-methyl/N-ethyl adjacent to an activating group) is 1. The van der Waals surface area contributed by atoms with E-state index in [1.165, 1.54) is 6.07 Å². The fraction of sp³-hybridized carbons (Fsp3) is 0.538. The zero-order valence-electron chi connectivity index (χ0n) is 10.6. The van der Waals surface area contributed by atoms with Crippen molar-refractivity contribution in [1.29, 1.82) is 0 Å². The van der Waals surface area contributed by atoms with Crippen molar-refractivity contribution in [1.82, 2.24) is 10.2 Å². The van der Waals surface area contributed by atoms with Crippen molar-refractivity contribution in [2.45, 2.75) is 26.4 Å². The van der Waals surface area contributed by atoms with E-state index in [4.69, 9.17) is 11.6 Å². The lowest BCUT2D eigenvalue weighted by Crippen LogP contribution is -2.32. The van der Waals surface area contributed by atoms with Gasteiger partial charge in [-0.25, -0.2) is 4.39 Å². The van der Waals surface area contributed by atoms with E-state index in [1.54, 1.807) is 12.1 Å². The minimum atomic E-state index is -0.196. The molecule has 1 aromatic carbocycles. The van der Waals surface area contributed by atoms with Gasteiger partial charge in [-0.05, 0) is 25.2 Å². The van der Waals surface area contributed by atoms with E-state index in [2.05, 4.69) is 24.1 Å². The van der Waals surface area contributed by atoms with E-state index >= 15 is 0 Å². The van der Waals surface area contributed by atoms with Crippen LogP contribution in [0, 0.1) is 5.82 Å². The molecular weight excluding hydrogens is 239 g/mol. The molecule has 2 nitrogen and oxygen atoms in total. The second-order valence-electron chi connectivity index (χ2n) is 4.58. The predicted molar refractivity (Wildman–Crippen MR) is 70.9 cm³/mol. The summed E-state index contributed by atoms with van der Waals surface area (Å²) in [6, 6.07) is 5.15. The minimum absolute atomic E-state index is 0.196. The first kappa shape index (κ1) is 14.4. The van der Waals surface area contributed by atoms with Gasteiger partial charge in [0.1, 0.15) is 5.82 Å². The maximum absolute atomic E-state index is 13.5. The van der Waals surface area contributed by atoms with Crippen LogP contribution in [0.4, 0.5) is 4.39 Å². The monoisotopic (exact) mass is 258 g/mol. The number of hydrogen-bond acceptors (Lipinski definition) is 2. The Morgan fingerprint density at radius 2 is 2.12 bits per heavy atom. The van der Waals surface area contributed by atoms with Crippen LogP contribution in [0.2, 0.25) is 5.02 Å². The largest absolute Gasteiger partial charge is 0.313 e. The molecule has 0 spiro atoms. The predicted octanol–water partition coefficient (Wildman–Crippen LogP) is 2.91. The second kappa shape index (κ2) is 6.94. The molecular formula is C13H20ClFN2. The average molecular weight is 259 g/mol. The third-order valence-corrected chi connectivity index (χ3v) is 2.73. The molecule has 1 rings (SSSR count). The molecule has 1 N–H and O–H groups in total. The van der Waals surface area contributed by atoms with Crippen molar-refractivity contribution < 1.29 is 4.39 Å². The van der Waals surface area contributed by atoms with Crippen molar-refractivity contribution >= 4 is 11.6 Å². The third-order valence-electron chi connectivity index (χ3n) is 2.49. The summed E-state index contributed by atoms with van der Waals surface area (Å²) in [5, 5.41) is 3.91. The lowest BCUT2D eigenvalue weighted by atomic mass is 10.2. The van der Waals surface area contributed by atoms with Crippen molar-refractivity contribution in [3.8, 4) is 0 Å². The van der Waals surface area contributed by atoms with Gasteiger partial charge >= 0.3 is 0 Å². The van der Waals surface area contributed by atoms with Crippen molar-refractivity contribution in [3.63, 3.8) is 0 Å². The summed E-state index contributed by atoms with van der Waals surface area (Å²) in [5.74, 6) is -0.196. The molecule has 0 unspecified atom stereocenters. The van der Waals surface area contributed by atoms with E-state index in [-0.39, 0.29) is 5.82 Å². The number of nitrogens with one attached hydrogen (secondary N) is 1. The molecule has 96 valence electrons. The highest BCUT2D eigenvalue weighted by Crippen LogP contribution is 2.15. The van der Waals surface area contributed by atoms with E-state index < -0.39 is 0 Å². The maximum atomic E-state index is 13.5. The molecule has 0 aromatic heterocycles. The molecule has 0 bridgehead atoms. The van der Waals surface area contributed by atoms with Crippen LogP contribution in [0.25, 0.3) is 0 Å². The summed E-state index contributed by atoms with van der Waals surface area (Å²) < 4.78 is 13.5. The number of halogens is 2. The van der Waals surface area contributed by atoms with Crippen LogP contribution in [-0.2, 0) is 6.54 Å². The summed E-state index contributed by atoms with van der Waals surface area (Å²) in [5.41, 5.74) is 0.643. The molecule has 0 amide bonds. The Hall–Kier alpha value is -0.640. The number of rotatable bonds is 6. The zero-order valence-corrected chi connectivity index (χ0v) is 11.4. The number of benzene rings is 1. The molecule has 0 fully saturated rings. The normalized spacial score (nSPS) is 11.5. The lowest BCUT2D eigenvalue weighted by Gasteiger charge is -2.18. The fourth-order valence-electron chi connectivity index (χ4n) is 1.58. The Balaban J connectivity index is 2.44. The van der Waals surface area contributed by atoms with Gasteiger partial charge in [-0.15, -0.1) is 0 Å². The summed E-state index contributed by atoms with van der Waals surface area (Å²) in [6.07, 6.45) is 0. The van der Waals surface area contributed by atoms with Crippen molar-refractivity contribution in [3.05, 3.63) is 34.6 Å². The summed E-state index contributed by atoms with van der Waals surface area (Å²) in [6.45, 7) is 6.57. The molecule has 0 aliphatic heterocycles. The van der Waals surface area contributed by atoms with Crippen LogP contribution in [0.15, 0.2) is 18.2 Å². The number of hydrogen-bond donors (Lipinski definition) is 1. The van der Waals surface area contributed by atoms with Gasteiger partial charge in [0, 0.05) is 36.3 Å². The molecule has 0 aliphatic rings. The van der Waals surface area contributed by atoms with Crippen LogP contribution < -0.4 is 5.32 Å². The van der Waals surface area contributed by atoms with Crippen LogP contribution in [0.5, 0.6) is 0 Å². The highest BCUT2D eigenvalue weighted by Gasteiger charge is 2.06. The Labute approximate surface area is 108 Å². The first-order valence-electron chi connectivity index (χ1n) is 5.85. The summed E-state index contributed by atoms with van der Waals surface area (Å²) >= 11 is 5.85. The molecule has 0 aliphatic carbocycles. The maximum Gasteiger partial charge on any atom is 0.127 e. The van der Waals surface area contributed by atoms with Gasteiger partial charge in [0.05, 0.1) is 0 Å². The third kappa shape index (κ3) is 5.48. The number of nitrogens with zero attached hydrogens (tertiary/aromatic N) is 1. The minimum Gasteiger partial charge on any atom is -0.313 e. The van der Waals surface area contributed by atoms with Gasteiger partial charge in [0.25, 0.3) is 0 Å². The molecule has 0 atom stereocenters. The van der Waals surface area contributed by atoms with Gasteiger partial charge in [-0.3, -0.25) is 0 Å². The molecule has 0 saturated carbocycles. The second-order valence-corrected chi connectivity index (χ2v) is 5.02. The van der Waals surface area contributed by atoms with Crippen molar-refractivity contribution in [2.75, 3.05) is 20.1 Å². The Morgan fingerprint density at radius 3 is 2.76 bits per heavy atom. The van der Waals surface area contributed by atoms with Gasteiger partial charge in [0.2, 0.25) is 0 Å². The Morgan fingerprint density at radius 1 is 1.41 bits per heavy atom. The highest BCUT2D eigenvalue weighted by atomic mass is 35.5. The first-order valence-corrected chi connectivity index (χ1v) is 6.22. The molecule has 17 heavy (non-hydrogen) atoms. The van der Waals surface area contributed by atoms with Crippen LogP contribution >= 0.6 is 11.6 Å². The molecule has 4 heteroatoms. The van der Waals surface area contributed by atoms with Gasteiger partial charge < -0.3 is 10.2 Å². The summed E-state index contributed by atoms with van der Waals surface area (Å²) in [4.78, 5) is 2.07. The molecule has 0 saturated heterocycles. The average Bonchev–Trinajstić information content (AvgIpc) is 2.23. The van der Waals surface area contributed by atoms with E-state index in [0.29, 0.717) is 23.2 Å². The van der Waals surface area contributed by atoms with E-state index in [1.807, 2.05) is 7.05 Å². The molecule has 0 heterocycles. The van der Waals surface area contributed by atoms with Crippen LogP contribution in [0.3, 0.4) is 0 Å². The topological polar surface area (TPSA) is 15.3 Å². The quantitative estimate of drug-likeness (QED) is 0.844. The van der Waals surface area contributed by atoms with Crippen molar-refractivity contribution in [2.24, 2.45) is 0 Å². The Kier molecular flexibility index (Phi) is 5.89. The zero-order chi connectivity index (χ0) is 12.8. The lowest BCUT2D eigenvalue weighted by molar-refractivity contribution is 0.315. The standard InChI is InChI=1S/C13H20ClFN2/c1-10(2)16-6-7-17(3)9-11-8-12(14)4-5-13(11)15/h4-5,8,10,16H,6-7,9H2,1-3H3. The summed E-state index contributed by atoms with van der Waals surface area (Å²) in [7, 11) is 1.97.